The zero-order chi connectivity index (χ0) is 14.9. The molecule has 1 heterocycles. The molecule has 104 valence electrons. The van der Waals surface area contributed by atoms with Gasteiger partial charge in [0.05, 0.1) is 5.56 Å². The lowest BCUT2D eigenvalue weighted by molar-refractivity contribution is -0.141. The number of halogens is 3. The van der Waals surface area contributed by atoms with Crippen molar-refractivity contribution in [3.8, 4) is 11.4 Å². The third kappa shape index (κ3) is 2.85. The van der Waals surface area contributed by atoms with Crippen LogP contribution in [0.4, 0.5) is 13.2 Å². The smallest absolute Gasteiger partial charge is 0.433 e. The Morgan fingerprint density at radius 3 is 2.55 bits per heavy atom. The van der Waals surface area contributed by atoms with E-state index in [-0.39, 0.29) is 17.0 Å². The Morgan fingerprint density at radius 2 is 1.95 bits per heavy atom. The number of alkyl halides is 3. The first-order valence-corrected chi connectivity index (χ1v) is 5.29. The first kappa shape index (κ1) is 13.8. The van der Waals surface area contributed by atoms with Crippen LogP contribution in [0, 0.1) is 0 Å². The number of nitrogens with zero attached hydrogens (tertiary/aromatic N) is 1. The second-order valence-electron chi connectivity index (χ2n) is 3.86. The summed E-state index contributed by atoms with van der Waals surface area (Å²) in [5.41, 5.74) is -2.35. The summed E-state index contributed by atoms with van der Waals surface area (Å²) >= 11 is 0. The van der Waals surface area contributed by atoms with Crippen LogP contribution in [0.15, 0.2) is 35.1 Å². The molecule has 0 aliphatic rings. The molecular weight excluding hydrogens is 277 g/mol. The highest BCUT2D eigenvalue weighted by Gasteiger charge is 2.33. The number of carboxylic acid groups (broad SMARTS) is 1. The number of aromatic amines is 1. The van der Waals surface area contributed by atoms with E-state index in [9.17, 15) is 22.8 Å². The molecule has 2 N–H and O–H groups in total. The maximum Gasteiger partial charge on any atom is 0.433 e. The molecular formula is C12H7F3N2O3. The molecule has 1 aromatic carbocycles. The van der Waals surface area contributed by atoms with Crippen molar-refractivity contribution in [2.45, 2.75) is 6.18 Å². The lowest BCUT2D eigenvalue weighted by Gasteiger charge is -2.07. The molecule has 0 fully saturated rings. The van der Waals surface area contributed by atoms with Gasteiger partial charge in [0, 0.05) is 11.6 Å². The average molecular weight is 284 g/mol. The summed E-state index contributed by atoms with van der Waals surface area (Å²) in [6.45, 7) is 0. The predicted molar refractivity (Wildman–Crippen MR) is 62.3 cm³/mol. The number of hydrogen-bond donors (Lipinski definition) is 2. The van der Waals surface area contributed by atoms with E-state index < -0.39 is 23.4 Å². The van der Waals surface area contributed by atoms with Gasteiger partial charge in [-0.1, -0.05) is 12.1 Å². The Bertz CT molecular complexity index is 722. The first-order chi connectivity index (χ1) is 9.27. The number of rotatable bonds is 2. The van der Waals surface area contributed by atoms with Crippen molar-refractivity contribution in [1.29, 1.82) is 0 Å². The van der Waals surface area contributed by atoms with Crippen LogP contribution in [-0.2, 0) is 6.18 Å². The second-order valence-corrected chi connectivity index (χ2v) is 3.86. The van der Waals surface area contributed by atoms with Crippen LogP contribution >= 0.6 is 0 Å². The van der Waals surface area contributed by atoms with Crippen molar-refractivity contribution in [3.63, 3.8) is 0 Å². The SMILES string of the molecule is O=C(O)c1cccc(-c2nc(C(F)(F)F)cc(=O)[nH]2)c1. The van der Waals surface area contributed by atoms with Crippen LogP contribution in [0.5, 0.6) is 0 Å². The zero-order valence-corrected chi connectivity index (χ0v) is 9.73. The molecule has 0 radical (unpaired) electrons. The van der Waals surface area contributed by atoms with E-state index in [4.69, 9.17) is 5.11 Å². The number of nitrogens with one attached hydrogen (secondary N) is 1. The maximum absolute atomic E-state index is 12.6. The van der Waals surface area contributed by atoms with Crippen molar-refractivity contribution < 1.29 is 23.1 Å². The number of carbonyl (C=O) groups is 1. The van der Waals surface area contributed by atoms with Gasteiger partial charge in [0.25, 0.3) is 5.56 Å². The lowest BCUT2D eigenvalue weighted by atomic mass is 10.1. The van der Waals surface area contributed by atoms with E-state index in [0.29, 0.717) is 6.07 Å². The van der Waals surface area contributed by atoms with Crippen molar-refractivity contribution in [1.82, 2.24) is 9.97 Å². The molecule has 2 aromatic rings. The molecule has 5 nitrogen and oxygen atoms in total. The van der Waals surface area contributed by atoms with Crippen LogP contribution in [0.3, 0.4) is 0 Å². The molecule has 0 aliphatic heterocycles. The fourth-order valence-corrected chi connectivity index (χ4v) is 1.54. The molecule has 0 saturated carbocycles. The molecule has 1 aromatic heterocycles. The highest BCUT2D eigenvalue weighted by Crippen LogP contribution is 2.27. The molecule has 8 heteroatoms. The molecule has 2 rings (SSSR count). The quantitative estimate of drug-likeness (QED) is 0.885. The molecule has 0 unspecified atom stereocenters. The van der Waals surface area contributed by atoms with E-state index in [1.807, 2.05) is 0 Å². The molecule has 0 atom stereocenters. The molecule has 20 heavy (non-hydrogen) atoms. The van der Waals surface area contributed by atoms with Crippen LogP contribution in [0.1, 0.15) is 16.1 Å². The molecule has 0 amide bonds. The molecule has 0 bridgehead atoms. The molecule has 0 spiro atoms. The monoisotopic (exact) mass is 284 g/mol. The third-order valence-electron chi connectivity index (χ3n) is 2.42. The Hall–Kier alpha value is -2.64. The largest absolute Gasteiger partial charge is 0.478 e. The van der Waals surface area contributed by atoms with Crippen molar-refractivity contribution in [3.05, 3.63) is 51.9 Å². The van der Waals surface area contributed by atoms with E-state index in [0.717, 1.165) is 6.07 Å². The lowest BCUT2D eigenvalue weighted by Crippen LogP contribution is -2.17. The van der Waals surface area contributed by atoms with E-state index >= 15 is 0 Å². The van der Waals surface area contributed by atoms with Gasteiger partial charge in [-0.3, -0.25) is 4.79 Å². The summed E-state index contributed by atoms with van der Waals surface area (Å²) < 4.78 is 37.7. The highest BCUT2D eigenvalue weighted by molar-refractivity contribution is 5.89. The third-order valence-corrected chi connectivity index (χ3v) is 2.42. The number of carboxylic acids is 1. The summed E-state index contributed by atoms with van der Waals surface area (Å²) in [6.07, 6.45) is -4.76. The normalized spacial score (nSPS) is 11.3. The molecule has 0 saturated heterocycles. The van der Waals surface area contributed by atoms with Gasteiger partial charge in [0.2, 0.25) is 0 Å². The molecule has 0 aliphatic carbocycles. The number of aromatic carboxylic acids is 1. The van der Waals surface area contributed by atoms with Gasteiger partial charge in [-0.2, -0.15) is 13.2 Å². The van der Waals surface area contributed by atoms with Gasteiger partial charge in [-0.15, -0.1) is 0 Å². The fourth-order valence-electron chi connectivity index (χ4n) is 1.54. The van der Waals surface area contributed by atoms with Gasteiger partial charge in [-0.05, 0) is 12.1 Å². The summed E-state index contributed by atoms with van der Waals surface area (Å²) in [5.74, 6) is -1.57. The van der Waals surface area contributed by atoms with Gasteiger partial charge >= 0.3 is 12.1 Å². The van der Waals surface area contributed by atoms with Crippen molar-refractivity contribution >= 4 is 5.97 Å². The minimum Gasteiger partial charge on any atom is -0.478 e. The van der Waals surface area contributed by atoms with Crippen molar-refractivity contribution in [2.75, 3.05) is 0 Å². The number of aromatic nitrogens is 2. The van der Waals surface area contributed by atoms with Gasteiger partial charge in [-0.25, -0.2) is 9.78 Å². The van der Waals surface area contributed by atoms with Gasteiger partial charge in [0.15, 0.2) is 5.69 Å². The maximum atomic E-state index is 12.6. The summed E-state index contributed by atoms with van der Waals surface area (Å²) in [7, 11) is 0. The Balaban J connectivity index is 2.58. The summed E-state index contributed by atoms with van der Waals surface area (Å²) in [5, 5.41) is 8.82. The number of hydrogen-bond acceptors (Lipinski definition) is 3. The van der Waals surface area contributed by atoms with Crippen LogP contribution in [-0.4, -0.2) is 21.0 Å². The zero-order valence-electron chi connectivity index (χ0n) is 9.73. The topological polar surface area (TPSA) is 83.0 Å². The minimum absolute atomic E-state index is 0.0769. The predicted octanol–water partition coefficient (Wildman–Crippen LogP) is 2.15. The Labute approximate surface area is 109 Å². The van der Waals surface area contributed by atoms with Crippen molar-refractivity contribution in [2.24, 2.45) is 0 Å². The average Bonchev–Trinajstić information content (AvgIpc) is 2.37. The fraction of sp³-hybridized carbons (Fsp3) is 0.0833. The first-order valence-electron chi connectivity index (χ1n) is 5.29. The minimum atomic E-state index is -4.76. The van der Waals surface area contributed by atoms with E-state index in [1.54, 1.807) is 0 Å². The van der Waals surface area contributed by atoms with Crippen LogP contribution in [0.2, 0.25) is 0 Å². The second kappa shape index (κ2) is 4.80. The Kier molecular flexibility index (Phi) is 3.31. The standard InChI is InChI=1S/C12H7F3N2O3/c13-12(14,15)8-5-9(18)17-10(16-8)6-2-1-3-7(4-6)11(19)20/h1-5H,(H,19,20)(H,16,17,18). The van der Waals surface area contributed by atoms with E-state index in [1.165, 1.54) is 18.2 Å². The highest BCUT2D eigenvalue weighted by atomic mass is 19.4. The number of benzene rings is 1. The number of H-pyrrole nitrogens is 1. The Morgan fingerprint density at radius 1 is 1.25 bits per heavy atom. The summed E-state index contributed by atoms with van der Waals surface area (Å²) in [4.78, 5) is 27.5. The van der Waals surface area contributed by atoms with E-state index in [2.05, 4.69) is 9.97 Å². The van der Waals surface area contributed by atoms with Gasteiger partial charge < -0.3 is 10.1 Å². The van der Waals surface area contributed by atoms with Crippen LogP contribution in [0.25, 0.3) is 11.4 Å². The summed E-state index contributed by atoms with van der Waals surface area (Å²) in [6, 6.07) is 5.44. The van der Waals surface area contributed by atoms with Crippen LogP contribution < -0.4 is 5.56 Å². The van der Waals surface area contributed by atoms with Gasteiger partial charge in [0.1, 0.15) is 5.82 Å².